The summed E-state index contributed by atoms with van der Waals surface area (Å²) in [6.45, 7) is 3.86. The molecular weight excluding hydrogens is 417 g/mol. The molecule has 4 rings (SSSR count). The smallest absolute Gasteiger partial charge is 0.236 e. The summed E-state index contributed by atoms with van der Waals surface area (Å²) in [6.07, 6.45) is 2.30. The van der Waals surface area contributed by atoms with Gasteiger partial charge in [0.1, 0.15) is 11.6 Å². The molecule has 31 heavy (non-hydrogen) atoms. The van der Waals surface area contributed by atoms with E-state index < -0.39 is 15.8 Å². The van der Waals surface area contributed by atoms with Crippen LogP contribution in [0, 0.1) is 12.7 Å². The summed E-state index contributed by atoms with van der Waals surface area (Å²) in [6, 6.07) is 14.3. The average molecular weight is 442 g/mol. The molecular formula is C22H24FN5O2S. The summed E-state index contributed by atoms with van der Waals surface area (Å²) in [4.78, 5) is 11.3. The number of nitrogens with zero attached hydrogens (tertiary/aromatic N) is 3. The van der Waals surface area contributed by atoms with E-state index in [-0.39, 0.29) is 5.75 Å². The minimum absolute atomic E-state index is 0.301. The zero-order valence-corrected chi connectivity index (χ0v) is 18.0. The maximum Gasteiger partial charge on any atom is 0.236 e. The number of anilines is 4. The summed E-state index contributed by atoms with van der Waals surface area (Å²) in [7, 11) is -3.66. The van der Waals surface area contributed by atoms with Crippen LogP contribution in [-0.2, 0) is 15.8 Å². The van der Waals surface area contributed by atoms with Crippen LogP contribution in [0.3, 0.4) is 0 Å². The fourth-order valence-electron chi connectivity index (χ4n) is 3.51. The van der Waals surface area contributed by atoms with E-state index in [1.165, 1.54) is 18.2 Å². The van der Waals surface area contributed by atoms with Gasteiger partial charge in [-0.05, 0) is 61.7 Å². The zero-order valence-electron chi connectivity index (χ0n) is 17.2. The largest absolute Gasteiger partial charge is 0.341 e. The quantitative estimate of drug-likeness (QED) is 0.571. The molecule has 0 radical (unpaired) electrons. The highest BCUT2D eigenvalue weighted by molar-refractivity contribution is 7.91. The molecule has 2 N–H and O–H groups in total. The van der Waals surface area contributed by atoms with Gasteiger partial charge in [0.2, 0.25) is 16.0 Å². The maximum atomic E-state index is 13.3. The molecule has 162 valence electrons. The number of aryl methyl sites for hydroxylation is 1. The molecule has 1 aliphatic heterocycles. The van der Waals surface area contributed by atoms with Gasteiger partial charge in [0, 0.05) is 36.2 Å². The van der Waals surface area contributed by atoms with Gasteiger partial charge < -0.3 is 10.2 Å². The Morgan fingerprint density at radius 3 is 2.42 bits per heavy atom. The Morgan fingerprint density at radius 2 is 1.71 bits per heavy atom. The van der Waals surface area contributed by atoms with Crippen LogP contribution < -0.4 is 14.9 Å². The Labute approximate surface area is 181 Å². The van der Waals surface area contributed by atoms with Crippen LogP contribution in [0.15, 0.2) is 54.6 Å². The van der Waals surface area contributed by atoms with Crippen LogP contribution in [0.1, 0.15) is 24.1 Å². The molecule has 0 saturated carbocycles. The van der Waals surface area contributed by atoms with Crippen molar-refractivity contribution in [3.63, 3.8) is 0 Å². The van der Waals surface area contributed by atoms with Crippen molar-refractivity contribution in [2.75, 3.05) is 28.0 Å². The third-order valence-electron chi connectivity index (χ3n) is 4.91. The molecule has 9 heteroatoms. The normalized spacial score (nSPS) is 13.9. The van der Waals surface area contributed by atoms with Crippen LogP contribution in [0.2, 0.25) is 0 Å². The molecule has 0 bridgehead atoms. The Bertz CT molecular complexity index is 1160. The van der Waals surface area contributed by atoms with Crippen molar-refractivity contribution in [3.8, 4) is 0 Å². The average Bonchev–Trinajstić information content (AvgIpc) is 3.23. The third kappa shape index (κ3) is 5.69. The van der Waals surface area contributed by atoms with E-state index in [2.05, 4.69) is 24.9 Å². The monoisotopic (exact) mass is 441 g/mol. The molecule has 1 aliphatic rings. The SMILES string of the molecule is Cc1cc(Nc2ccc(NS(=O)(=O)Cc3cccc(F)c3)cc2)nc(N2CCCC2)n1. The summed E-state index contributed by atoms with van der Waals surface area (Å²) >= 11 is 0. The number of hydrogen-bond acceptors (Lipinski definition) is 6. The molecule has 3 aromatic rings. The topological polar surface area (TPSA) is 87.2 Å². The highest BCUT2D eigenvalue weighted by atomic mass is 32.2. The van der Waals surface area contributed by atoms with E-state index in [0.717, 1.165) is 43.3 Å². The molecule has 2 aromatic carbocycles. The van der Waals surface area contributed by atoms with E-state index in [9.17, 15) is 12.8 Å². The summed E-state index contributed by atoms with van der Waals surface area (Å²) in [5.41, 5.74) is 2.47. The van der Waals surface area contributed by atoms with Gasteiger partial charge in [-0.25, -0.2) is 17.8 Å². The molecule has 0 atom stereocenters. The molecule has 0 unspecified atom stereocenters. The predicted molar refractivity (Wildman–Crippen MR) is 121 cm³/mol. The van der Waals surface area contributed by atoms with Gasteiger partial charge in [-0.15, -0.1) is 0 Å². The number of benzene rings is 2. The third-order valence-corrected chi connectivity index (χ3v) is 6.17. The van der Waals surface area contributed by atoms with E-state index in [1.807, 2.05) is 13.0 Å². The lowest BCUT2D eigenvalue weighted by Crippen LogP contribution is -2.21. The zero-order chi connectivity index (χ0) is 21.8. The lowest BCUT2D eigenvalue weighted by Gasteiger charge is -2.17. The van der Waals surface area contributed by atoms with Crippen LogP contribution in [0.25, 0.3) is 0 Å². The second-order valence-corrected chi connectivity index (χ2v) is 9.30. The van der Waals surface area contributed by atoms with Crippen molar-refractivity contribution in [1.29, 1.82) is 0 Å². The highest BCUT2D eigenvalue weighted by Gasteiger charge is 2.16. The molecule has 1 aromatic heterocycles. The van der Waals surface area contributed by atoms with Crippen molar-refractivity contribution < 1.29 is 12.8 Å². The first-order valence-electron chi connectivity index (χ1n) is 10.1. The van der Waals surface area contributed by atoms with E-state index in [1.54, 1.807) is 30.3 Å². The van der Waals surface area contributed by atoms with E-state index >= 15 is 0 Å². The Morgan fingerprint density at radius 1 is 1.00 bits per heavy atom. The molecule has 2 heterocycles. The fourth-order valence-corrected chi connectivity index (χ4v) is 4.69. The van der Waals surface area contributed by atoms with Crippen molar-refractivity contribution in [2.45, 2.75) is 25.5 Å². The van der Waals surface area contributed by atoms with Crippen LogP contribution in [0.4, 0.5) is 27.5 Å². The van der Waals surface area contributed by atoms with Crippen molar-refractivity contribution >= 4 is 33.2 Å². The summed E-state index contributed by atoms with van der Waals surface area (Å²) in [5, 5.41) is 3.25. The van der Waals surface area contributed by atoms with Gasteiger partial charge in [-0.3, -0.25) is 4.72 Å². The van der Waals surface area contributed by atoms with Crippen LogP contribution in [0.5, 0.6) is 0 Å². The van der Waals surface area contributed by atoms with Gasteiger partial charge in [0.05, 0.1) is 5.75 Å². The van der Waals surface area contributed by atoms with Crippen molar-refractivity contribution in [3.05, 3.63) is 71.7 Å². The number of hydrogen-bond donors (Lipinski definition) is 2. The Balaban J connectivity index is 1.42. The molecule has 1 fully saturated rings. The lowest BCUT2D eigenvalue weighted by molar-refractivity contribution is 0.599. The summed E-state index contributed by atoms with van der Waals surface area (Å²) in [5.74, 6) is 0.649. The molecule has 0 spiro atoms. The molecule has 1 saturated heterocycles. The number of rotatable bonds is 7. The van der Waals surface area contributed by atoms with Crippen molar-refractivity contribution in [2.24, 2.45) is 0 Å². The van der Waals surface area contributed by atoms with E-state index in [4.69, 9.17) is 0 Å². The second kappa shape index (κ2) is 8.89. The first kappa shape index (κ1) is 21.0. The first-order chi connectivity index (χ1) is 14.9. The predicted octanol–water partition coefficient (Wildman–Crippen LogP) is 4.21. The Hall–Kier alpha value is -3.20. The van der Waals surface area contributed by atoms with E-state index in [0.29, 0.717) is 17.1 Å². The summed E-state index contributed by atoms with van der Waals surface area (Å²) < 4.78 is 40.6. The van der Waals surface area contributed by atoms with Gasteiger partial charge in [0.25, 0.3) is 0 Å². The van der Waals surface area contributed by atoms with Gasteiger partial charge in [0.15, 0.2) is 0 Å². The van der Waals surface area contributed by atoms with Crippen molar-refractivity contribution in [1.82, 2.24) is 9.97 Å². The number of sulfonamides is 1. The van der Waals surface area contributed by atoms with Gasteiger partial charge in [-0.2, -0.15) is 4.98 Å². The van der Waals surface area contributed by atoms with Crippen LogP contribution >= 0.6 is 0 Å². The van der Waals surface area contributed by atoms with Gasteiger partial charge >= 0.3 is 0 Å². The van der Waals surface area contributed by atoms with Gasteiger partial charge in [-0.1, -0.05) is 12.1 Å². The number of halogens is 1. The maximum absolute atomic E-state index is 13.3. The molecule has 0 aliphatic carbocycles. The fraction of sp³-hybridized carbons (Fsp3) is 0.273. The highest BCUT2D eigenvalue weighted by Crippen LogP contribution is 2.23. The minimum atomic E-state index is -3.66. The second-order valence-electron chi connectivity index (χ2n) is 7.58. The molecule has 7 nitrogen and oxygen atoms in total. The first-order valence-corrected chi connectivity index (χ1v) is 11.7. The molecule has 0 amide bonds. The minimum Gasteiger partial charge on any atom is -0.341 e. The Kier molecular flexibility index (Phi) is 6.03. The van der Waals surface area contributed by atoms with Crippen LogP contribution in [-0.4, -0.2) is 31.5 Å². The standard InChI is InChI=1S/C22H24FN5O2S/c1-16-13-21(26-22(24-16)28-11-2-3-12-28)25-19-7-9-20(10-8-19)27-31(29,30)15-17-5-4-6-18(23)14-17/h4-10,13-14,27H,2-3,11-12,15H2,1H3,(H,24,25,26). The lowest BCUT2D eigenvalue weighted by atomic mass is 10.2. The number of aromatic nitrogens is 2. The number of nitrogens with one attached hydrogen (secondary N) is 2.